The fourth-order valence-corrected chi connectivity index (χ4v) is 2.49. The van der Waals surface area contributed by atoms with E-state index in [0.29, 0.717) is 5.69 Å². The van der Waals surface area contributed by atoms with Gasteiger partial charge < -0.3 is 5.32 Å². The minimum Gasteiger partial charge on any atom is -0.318 e. The molecule has 0 saturated heterocycles. The largest absolute Gasteiger partial charge is 0.329 e. The van der Waals surface area contributed by atoms with Crippen molar-refractivity contribution in [3.8, 4) is 0 Å². The van der Waals surface area contributed by atoms with Crippen LogP contribution in [0.3, 0.4) is 0 Å². The lowest BCUT2D eigenvalue weighted by Gasteiger charge is -2.03. The first-order chi connectivity index (χ1) is 10.1. The van der Waals surface area contributed by atoms with Crippen molar-refractivity contribution in [2.75, 3.05) is 5.32 Å². The van der Waals surface area contributed by atoms with Gasteiger partial charge in [-0.1, -0.05) is 15.9 Å². The smallest absolute Gasteiger partial charge is 0.318 e. The van der Waals surface area contributed by atoms with Crippen LogP contribution < -0.4 is 10.7 Å². The number of hydrogen-bond donors (Lipinski definition) is 2. The third-order valence-corrected chi connectivity index (χ3v) is 4.04. The van der Waals surface area contributed by atoms with Gasteiger partial charge in [0.2, 0.25) is 0 Å². The number of carbonyl (C=O) groups excluding carboxylic acids is 2. The highest BCUT2D eigenvalue weighted by atomic mass is 79.9. The highest BCUT2D eigenvalue weighted by molar-refractivity contribution is 9.10. The van der Waals surface area contributed by atoms with Crippen LogP contribution in [-0.4, -0.2) is 18.0 Å². The average molecular weight is 366 g/mol. The number of benzene rings is 1. The van der Waals surface area contributed by atoms with Gasteiger partial charge in [-0.2, -0.15) is 5.10 Å². The van der Waals surface area contributed by atoms with Gasteiger partial charge in [-0.05, 0) is 48.2 Å². The number of nitrogens with one attached hydrogen (secondary N) is 2. The second-order valence-electron chi connectivity index (χ2n) is 4.13. The molecule has 0 atom stereocenters. The zero-order valence-corrected chi connectivity index (χ0v) is 13.5. The first-order valence-corrected chi connectivity index (χ1v) is 7.67. The van der Waals surface area contributed by atoms with E-state index in [2.05, 4.69) is 31.8 Å². The Bertz CT molecular complexity index is 680. The molecule has 0 bridgehead atoms. The summed E-state index contributed by atoms with van der Waals surface area (Å²) in [5.41, 5.74) is 3.80. The maximum Gasteiger partial charge on any atom is 0.329 e. The number of aryl methyl sites for hydroxylation is 1. The molecule has 21 heavy (non-hydrogen) atoms. The fourth-order valence-electron chi connectivity index (χ4n) is 1.44. The Labute approximate surface area is 134 Å². The predicted octanol–water partition coefficient (Wildman–Crippen LogP) is 2.91. The maximum absolute atomic E-state index is 11.7. The standard InChI is InChI=1S/C14H12BrN3O2S/c1-9-6-7-21-12(9)8-16-18-14(20)13(19)17-11-4-2-10(15)3-5-11/h2-8H,1H3,(H,17,19)(H,18,20)/b16-8+. The molecule has 0 fully saturated rings. The number of nitrogens with zero attached hydrogens (tertiary/aromatic N) is 1. The minimum absolute atomic E-state index is 0.538. The Hall–Kier alpha value is -1.99. The summed E-state index contributed by atoms with van der Waals surface area (Å²) in [6.07, 6.45) is 1.52. The number of anilines is 1. The molecule has 0 unspecified atom stereocenters. The minimum atomic E-state index is -0.816. The Balaban J connectivity index is 1.88. The molecule has 0 saturated carbocycles. The van der Waals surface area contributed by atoms with Crippen molar-refractivity contribution in [2.45, 2.75) is 6.92 Å². The topological polar surface area (TPSA) is 70.6 Å². The summed E-state index contributed by atoms with van der Waals surface area (Å²) in [6, 6.07) is 8.87. The summed E-state index contributed by atoms with van der Waals surface area (Å²) in [4.78, 5) is 24.2. The molecule has 2 aromatic rings. The van der Waals surface area contributed by atoms with Gasteiger partial charge in [-0.25, -0.2) is 5.43 Å². The summed E-state index contributed by atoms with van der Waals surface area (Å²) < 4.78 is 0.890. The lowest BCUT2D eigenvalue weighted by molar-refractivity contribution is -0.136. The number of thiophene rings is 1. The van der Waals surface area contributed by atoms with Crippen molar-refractivity contribution in [1.82, 2.24) is 5.43 Å². The van der Waals surface area contributed by atoms with E-state index in [-0.39, 0.29) is 0 Å². The van der Waals surface area contributed by atoms with Gasteiger partial charge in [0, 0.05) is 15.0 Å². The average Bonchev–Trinajstić information content (AvgIpc) is 2.87. The van der Waals surface area contributed by atoms with E-state index < -0.39 is 11.8 Å². The SMILES string of the molecule is Cc1ccsc1/C=N/NC(=O)C(=O)Nc1ccc(Br)cc1. The number of hydrogen-bond acceptors (Lipinski definition) is 4. The molecule has 2 amide bonds. The third-order valence-electron chi connectivity index (χ3n) is 2.56. The van der Waals surface area contributed by atoms with Crippen LogP contribution in [0.15, 0.2) is 45.3 Å². The van der Waals surface area contributed by atoms with Crippen LogP contribution in [0.4, 0.5) is 5.69 Å². The highest BCUT2D eigenvalue weighted by Crippen LogP contribution is 2.14. The van der Waals surface area contributed by atoms with Crippen LogP contribution in [-0.2, 0) is 9.59 Å². The van der Waals surface area contributed by atoms with Gasteiger partial charge in [0.25, 0.3) is 0 Å². The van der Waals surface area contributed by atoms with E-state index >= 15 is 0 Å². The van der Waals surface area contributed by atoms with Crippen LogP contribution in [0.1, 0.15) is 10.4 Å². The summed E-state index contributed by atoms with van der Waals surface area (Å²) >= 11 is 4.80. The van der Waals surface area contributed by atoms with Crippen molar-refractivity contribution in [1.29, 1.82) is 0 Å². The molecule has 0 spiro atoms. The molecule has 5 nitrogen and oxygen atoms in total. The number of rotatable bonds is 3. The first-order valence-electron chi connectivity index (χ1n) is 6.00. The van der Waals surface area contributed by atoms with Crippen LogP contribution in [0.5, 0.6) is 0 Å². The van der Waals surface area contributed by atoms with Crippen molar-refractivity contribution in [3.05, 3.63) is 50.6 Å². The Morgan fingerprint density at radius 3 is 2.52 bits per heavy atom. The molecule has 2 rings (SSSR count). The molecule has 0 aliphatic rings. The van der Waals surface area contributed by atoms with E-state index in [1.165, 1.54) is 17.6 Å². The quantitative estimate of drug-likeness (QED) is 0.498. The molecule has 7 heteroatoms. The van der Waals surface area contributed by atoms with Gasteiger partial charge in [-0.15, -0.1) is 11.3 Å². The van der Waals surface area contributed by atoms with Crippen LogP contribution in [0, 0.1) is 6.92 Å². The lowest BCUT2D eigenvalue weighted by Crippen LogP contribution is -2.32. The van der Waals surface area contributed by atoms with Gasteiger partial charge in [-0.3, -0.25) is 9.59 Å². The van der Waals surface area contributed by atoms with E-state index in [0.717, 1.165) is 14.9 Å². The summed E-state index contributed by atoms with van der Waals surface area (Å²) in [5, 5.41) is 8.18. The molecule has 1 aromatic heterocycles. The normalized spacial score (nSPS) is 10.6. The van der Waals surface area contributed by atoms with Gasteiger partial charge in [0.1, 0.15) is 0 Å². The number of hydrazone groups is 1. The molecule has 1 heterocycles. The van der Waals surface area contributed by atoms with Gasteiger partial charge >= 0.3 is 11.8 Å². The third kappa shape index (κ3) is 4.51. The second-order valence-corrected chi connectivity index (χ2v) is 5.99. The van der Waals surface area contributed by atoms with Gasteiger partial charge in [0.15, 0.2) is 0 Å². The Morgan fingerprint density at radius 1 is 1.19 bits per heavy atom. The molecule has 2 N–H and O–H groups in total. The molecule has 0 radical (unpaired) electrons. The zero-order chi connectivity index (χ0) is 15.2. The van der Waals surface area contributed by atoms with Crippen molar-refractivity contribution in [3.63, 3.8) is 0 Å². The number of amides is 2. The molecular weight excluding hydrogens is 354 g/mol. The number of carbonyl (C=O) groups is 2. The van der Waals surface area contributed by atoms with E-state index in [1.54, 1.807) is 24.3 Å². The lowest BCUT2D eigenvalue weighted by atomic mass is 10.3. The second kappa shape index (κ2) is 7.14. The first kappa shape index (κ1) is 15.4. The zero-order valence-electron chi connectivity index (χ0n) is 11.1. The van der Waals surface area contributed by atoms with E-state index in [4.69, 9.17) is 0 Å². The van der Waals surface area contributed by atoms with Crippen molar-refractivity contribution < 1.29 is 9.59 Å². The van der Waals surface area contributed by atoms with E-state index in [9.17, 15) is 9.59 Å². The predicted molar refractivity (Wildman–Crippen MR) is 87.6 cm³/mol. The maximum atomic E-state index is 11.7. The summed E-state index contributed by atoms with van der Waals surface area (Å²) in [6.45, 7) is 1.94. The monoisotopic (exact) mass is 365 g/mol. The molecule has 0 aliphatic carbocycles. The molecule has 108 valence electrons. The molecule has 1 aromatic carbocycles. The van der Waals surface area contributed by atoms with Crippen molar-refractivity contribution in [2.24, 2.45) is 5.10 Å². The van der Waals surface area contributed by atoms with Crippen LogP contribution in [0.2, 0.25) is 0 Å². The van der Waals surface area contributed by atoms with Crippen molar-refractivity contribution >= 4 is 51.0 Å². The highest BCUT2D eigenvalue weighted by Gasteiger charge is 2.12. The van der Waals surface area contributed by atoms with Gasteiger partial charge in [0.05, 0.1) is 6.21 Å². The fraction of sp³-hybridized carbons (Fsp3) is 0.0714. The van der Waals surface area contributed by atoms with Crippen LogP contribution >= 0.6 is 27.3 Å². The number of halogens is 1. The van der Waals surface area contributed by atoms with Crippen LogP contribution in [0.25, 0.3) is 0 Å². The summed E-state index contributed by atoms with van der Waals surface area (Å²) in [5.74, 6) is -1.58. The molecule has 0 aliphatic heterocycles. The Morgan fingerprint density at radius 2 is 1.90 bits per heavy atom. The molecular formula is C14H12BrN3O2S. The summed E-state index contributed by atoms with van der Waals surface area (Å²) in [7, 11) is 0. The van der Waals surface area contributed by atoms with E-state index in [1.807, 2.05) is 18.4 Å². The Kier molecular flexibility index (Phi) is 5.24.